The number of benzene rings is 1. The molecule has 0 aliphatic heterocycles. The van der Waals surface area contributed by atoms with Crippen LogP contribution in [0.4, 0.5) is 0 Å². The molecule has 0 spiro atoms. The van der Waals surface area contributed by atoms with E-state index < -0.39 is 0 Å². The molecule has 0 aliphatic carbocycles. The molecule has 0 aromatic heterocycles. The smallest absolute Gasteiger partial charge is 0.305 e. The maximum Gasteiger partial charge on any atom is 0.305 e. The standard InChI is InChI=1S/C17H27NO3/c1-4-21-17(19)11-6-5-7-12-18(2)14-15-9-8-10-16(13-15)20-3/h8-10,13H,4-7,11-12,14H2,1-3H3. The predicted molar refractivity (Wildman–Crippen MR) is 84.4 cm³/mol. The first-order chi connectivity index (χ1) is 10.2. The van der Waals surface area contributed by atoms with Gasteiger partial charge in [0.15, 0.2) is 0 Å². The van der Waals surface area contributed by atoms with Crippen LogP contribution < -0.4 is 4.74 Å². The fourth-order valence-electron chi connectivity index (χ4n) is 2.22. The van der Waals surface area contributed by atoms with Crippen molar-refractivity contribution in [2.75, 3.05) is 27.3 Å². The van der Waals surface area contributed by atoms with Crippen molar-refractivity contribution >= 4 is 5.97 Å². The minimum Gasteiger partial charge on any atom is -0.497 e. The second-order valence-electron chi connectivity index (χ2n) is 5.20. The summed E-state index contributed by atoms with van der Waals surface area (Å²) in [5.41, 5.74) is 1.25. The van der Waals surface area contributed by atoms with Crippen LogP contribution in [0.1, 0.15) is 38.2 Å². The Hall–Kier alpha value is -1.55. The first-order valence-corrected chi connectivity index (χ1v) is 7.62. The highest BCUT2D eigenvalue weighted by Gasteiger charge is 2.03. The molecule has 0 saturated heterocycles. The Morgan fingerprint density at radius 2 is 2.05 bits per heavy atom. The maximum absolute atomic E-state index is 11.2. The molecule has 1 rings (SSSR count). The number of esters is 1. The zero-order chi connectivity index (χ0) is 15.5. The number of unbranched alkanes of at least 4 members (excludes halogenated alkanes) is 2. The summed E-state index contributed by atoms with van der Waals surface area (Å²) in [6.45, 7) is 4.25. The Morgan fingerprint density at radius 3 is 2.76 bits per heavy atom. The van der Waals surface area contributed by atoms with Crippen LogP contribution in [-0.4, -0.2) is 38.2 Å². The van der Waals surface area contributed by atoms with Crippen LogP contribution in [0.15, 0.2) is 24.3 Å². The first-order valence-electron chi connectivity index (χ1n) is 7.62. The van der Waals surface area contributed by atoms with Crippen LogP contribution in [-0.2, 0) is 16.1 Å². The van der Waals surface area contributed by atoms with Crippen molar-refractivity contribution in [2.24, 2.45) is 0 Å². The van der Waals surface area contributed by atoms with Gasteiger partial charge in [0.05, 0.1) is 13.7 Å². The lowest BCUT2D eigenvalue weighted by Gasteiger charge is -2.17. The fraction of sp³-hybridized carbons (Fsp3) is 0.588. The van der Waals surface area contributed by atoms with E-state index in [2.05, 4.69) is 24.1 Å². The van der Waals surface area contributed by atoms with Crippen LogP contribution in [0.3, 0.4) is 0 Å². The van der Waals surface area contributed by atoms with E-state index in [9.17, 15) is 4.79 Å². The van der Waals surface area contributed by atoms with Gasteiger partial charge in [0.1, 0.15) is 5.75 Å². The van der Waals surface area contributed by atoms with E-state index in [0.29, 0.717) is 13.0 Å². The van der Waals surface area contributed by atoms with Gasteiger partial charge < -0.3 is 14.4 Å². The Bertz CT molecular complexity index is 420. The number of carbonyl (C=O) groups is 1. The molecule has 0 unspecified atom stereocenters. The molecule has 0 heterocycles. The summed E-state index contributed by atoms with van der Waals surface area (Å²) in [4.78, 5) is 13.5. The lowest BCUT2D eigenvalue weighted by molar-refractivity contribution is -0.143. The summed E-state index contributed by atoms with van der Waals surface area (Å²) in [7, 11) is 3.80. The second-order valence-corrected chi connectivity index (χ2v) is 5.20. The van der Waals surface area contributed by atoms with Crippen molar-refractivity contribution in [1.29, 1.82) is 0 Å². The highest BCUT2D eigenvalue weighted by molar-refractivity contribution is 5.69. The average molecular weight is 293 g/mol. The van der Waals surface area contributed by atoms with Gasteiger partial charge in [0.25, 0.3) is 0 Å². The number of carbonyl (C=O) groups excluding carboxylic acids is 1. The van der Waals surface area contributed by atoms with Crippen molar-refractivity contribution in [2.45, 2.75) is 39.2 Å². The average Bonchev–Trinajstić information content (AvgIpc) is 2.47. The number of methoxy groups -OCH3 is 1. The number of ether oxygens (including phenoxy) is 2. The van der Waals surface area contributed by atoms with Gasteiger partial charge in [-0.05, 0) is 51.1 Å². The third-order valence-corrected chi connectivity index (χ3v) is 3.31. The van der Waals surface area contributed by atoms with Crippen LogP contribution in [0.5, 0.6) is 5.75 Å². The Balaban J connectivity index is 2.16. The van der Waals surface area contributed by atoms with Crippen molar-refractivity contribution < 1.29 is 14.3 Å². The number of hydrogen-bond acceptors (Lipinski definition) is 4. The zero-order valence-electron chi connectivity index (χ0n) is 13.4. The summed E-state index contributed by atoms with van der Waals surface area (Å²) >= 11 is 0. The normalized spacial score (nSPS) is 10.7. The summed E-state index contributed by atoms with van der Waals surface area (Å²) in [5.74, 6) is 0.817. The molecule has 21 heavy (non-hydrogen) atoms. The van der Waals surface area contributed by atoms with Gasteiger partial charge in [0.2, 0.25) is 0 Å². The molecule has 0 saturated carbocycles. The summed E-state index contributed by atoms with van der Waals surface area (Å²) in [6.07, 6.45) is 3.60. The van der Waals surface area contributed by atoms with Gasteiger partial charge in [-0.1, -0.05) is 18.6 Å². The van der Waals surface area contributed by atoms with Gasteiger partial charge in [-0.2, -0.15) is 0 Å². The third-order valence-electron chi connectivity index (χ3n) is 3.31. The van der Waals surface area contributed by atoms with Gasteiger partial charge in [-0.25, -0.2) is 0 Å². The van der Waals surface area contributed by atoms with Crippen LogP contribution >= 0.6 is 0 Å². The summed E-state index contributed by atoms with van der Waals surface area (Å²) < 4.78 is 10.1. The van der Waals surface area contributed by atoms with Gasteiger partial charge >= 0.3 is 5.97 Å². The van der Waals surface area contributed by atoms with E-state index in [-0.39, 0.29) is 5.97 Å². The number of rotatable bonds is 10. The number of hydrogen-bond donors (Lipinski definition) is 0. The van der Waals surface area contributed by atoms with E-state index >= 15 is 0 Å². The Kier molecular flexibility index (Phi) is 8.51. The lowest BCUT2D eigenvalue weighted by Crippen LogP contribution is -2.19. The largest absolute Gasteiger partial charge is 0.497 e. The summed E-state index contributed by atoms with van der Waals surface area (Å²) in [5, 5.41) is 0. The van der Waals surface area contributed by atoms with Crippen molar-refractivity contribution in [3.63, 3.8) is 0 Å². The molecule has 4 heteroatoms. The van der Waals surface area contributed by atoms with Crippen LogP contribution in [0.2, 0.25) is 0 Å². The molecule has 0 fully saturated rings. The van der Waals surface area contributed by atoms with Crippen LogP contribution in [0, 0.1) is 0 Å². The zero-order valence-corrected chi connectivity index (χ0v) is 13.4. The highest BCUT2D eigenvalue weighted by Crippen LogP contribution is 2.14. The number of nitrogens with zero attached hydrogens (tertiary/aromatic N) is 1. The molecule has 0 atom stereocenters. The summed E-state index contributed by atoms with van der Waals surface area (Å²) in [6, 6.07) is 8.15. The molecule has 0 amide bonds. The van der Waals surface area contributed by atoms with Crippen molar-refractivity contribution in [3.8, 4) is 5.75 Å². The SMILES string of the molecule is CCOC(=O)CCCCCN(C)Cc1cccc(OC)c1. The van der Waals surface area contributed by atoms with Crippen molar-refractivity contribution in [3.05, 3.63) is 29.8 Å². The van der Waals surface area contributed by atoms with Gasteiger partial charge in [-0.15, -0.1) is 0 Å². The van der Waals surface area contributed by atoms with E-state index in [1.807, 2.05) is 19.1 Å². The molecule has 0 radical (unpaired) electrons. The molecule has 118 valence electrons. The quantitative estimate of drug-likeness (QED) is 0.490. The topological polar surface area (TPSA) is 38.8 Å². The monoisotopic (exact) mass is 293 g/mol. The first kappa shape index (κ1) is 17.5. The van der Waals surface area contributed by atoms with Gasteiger partial charge in [0, 0.05) is 13.0 Å². The Morgan fingerprint density at radius 1 is 1.24 bits per heavy atom. The molecule has 1 aromatic carbocycles. The molecule has 0 N–H and O–H groups in total. The lowest BCUT2D eigenvalue weighted by atomic mass is 10.1. The molecule has 4 nitrogen and oxygen atoms in total. The Labute approximate surface area is 128 Å². The van der Waals surface area contributed by atoms with Crippen LogP contribution in [0.25, 0.3) is 0 Å². The minimum absolute atomic E-state index is 0.0813. The van der Waals surface area contributed by atoms with Crippen molar-refractivity contribution in [1.82, 2.24) is 4.90 Å². The van der Waals surface area contributed by atoms with Gasteiger partial charge in [-0.3, -0.25) is 4.79 Å². The van der Waals surface area contributed by atoms with E-state index in [1.165, 1.54) is 5.56 Å². The minimum atomic E-state index is -0.0813. The molecule has 0 aliphatic rings. The molecule has 1 aromatic rings. The third kappa shape index (κ3) is 7.71. The van der Waals surface area contributed by atoms with E-state index in [0.717, 1.165) is 38.1 Å². The highest BCUT2D eigenvalue weighted by atomic mass is 16.5. The second kappa shape index (κ2) is 10.2. The molecule has 0 bridgehead atoms. The predicted octanol–water partition coefficient (Wildman–Crippen LogP) is 3.25. The maximum atomic E-state index is 11.2. The van der Waals surface area contributed by atoms with E-state index in [4.69, 9.17) is 9.47 Å². The molecular weight excluding hydrogens is 266 g/mol. The molecular formula is C17H27NO3. The van der Waals surface area contributed by atoms with E-state index in [1.54, 1.807) is 7.11 Å². The fourth-order valence-corrected chi connectivity index (χ4v) is 2.22.